The van der Waals surface area contributed by atoms with Gasteiger partial charge in [0.05, 0.1) is 12.7 Å². The van der Waals surface area contributed by atoms with E-state index in [1.807, 2.05) is 20.8 Å². The van der Waals surface area contributed by atoms with Gasteiger partial charge in [-0.2, -0.15) is 0 Å². The molecule has 0 atom stereocenters. The summed E-state index contributed by atoms with van der Waals surface area (Å²) in [7, 11) is 0. The molecule has 0 aliphatic rings. The lowest BCUT2D eigenvalue weighted by atomic mass is 10.4. The third-order valence-corrected chi connectivity index (χ3v) is 1.30. The SMILES string of the molecule is CCCCOC(=O)OCOC(C)C. The lowest BCUT2D eigenvalue weighted by molar-refractivity contribution is -0.0663. The number of ether oxygens (including phenoxy) is 3. The molecule has 4 heteroatoms. The lowest BCUT2D eigenvalue weighted by Crippen LogP contribution is -2.13. The maximum Gasteiger partial charge on any atom is 0.510 e. The quantitative estimate of drug-likeness (QED) is 0.366. The van der Waals surface area contributed by atoms with Crippen molar-refractivity contribution in [2.75, 3.05) is 13.4 Å². The third-order valence-electron chi connectivity index (χ3n) is 1.30. The summed E-state index contributed by atoms with van der Waals surface area (Å²) in [4.78, 5) is 10.8. The van der Waals surface area contributed by atoms with Gasteiger partial charge in [0.25, 0.3) is 0 Å². The molecule has 4 nitrogen and oxygen atoms in total. The van der Waals surface area contributed by atoms with Crippen molar-refractivity contribution in [3.05, 3.63) is 0 Å². The van der Waals surface area contributed by atoms with Crippen LogP contribution in [0.15, 0.2) is 0 Å². The summed E-state index contributed by atoms with van der Waals surface area (Å²) in [6.45, 7) is 6.13. The van der Waals surface area contributed by atoms with Crippen LogP contribution in [0.4, 0.5) is 4.79 Å². The van der Waals surface area contributed by atoms with Crippen LogP contribution in [-0.2, 0) is 14.2 Å². The van der Waals surface area contributed by atoms with Crippen LogP contribution in [0.5, 0.6) is 0 Å². The van der Waals surface area contributed by atoms with Gasteiger partial charge in [0.1, 0.15) is 0 Å². The number of carbonyl (C=O) groups is 1. The van der Waals surface area contributed by atoms with Crippen LogP contribution in [0.25, 0.3) is 0 Å². The molecule has 0 radical (unpaired) electrons. The first kappa shape index (κ1) is 12.2. The Morgan fingerprint density at radius 1 is 1.31 bits per heavy atom. The molecular formula is C9H18O4. The van der Waals surface area contributed by atoms with Crippen LogP contribution < -0.4 is 0 Å². The maximum absolute atomic E-state index is 10.8. The Morgan fingerprint density at radius 3 is 2.54 bits per heavy atom. The van der Waals surface area contributed by atoms with Crippen molar-refractivity contribution < 1.29 is 19.0 Å². The van der Waals surface area contributed by atoms with Crippen molar-refractivity contribution >= 4 is 6.16 Å². The van der Waals surface area contributed by atoms with E-state index >= 15 is 0 Å². The lowest BCUT2D eigenvalue weighted by Gasteiger charge is -2.08. The number of unbranched alkanes of at least 4 members (excludes halogenated alkanes) is 1. The van der Waals surface area contributed by atoms with Crippen molar-refractivity contribution in [2.24, 2.45) is 0 Å². The maximum atomic E-state index is 10.8. The van der Waals surface area contributed by atoms with E-state index in [0.29, 0.717) is 6.61 Å². The zero-order valence-electron chi connectivity index (χ0n) is 8.54. The van der Waals surface area contributed by atoms with Crippen molar-refractivity contribution in [3.8, 4) is 0 Å². The second kappa shape index (κ2) is 7.86. The zero-order chi connectivity index (χ0) is 10.1. The average Bonchev–Trinajstić information content (AvgIpc) is 2.04. The molecule has 0 fully saturated rings. The smallest absolute Gasteiger partial charge is 0.434 e. The number of rotatable bonds is 6. The minimum Gasteiger partial charge on any atom is -0.434 e. The van der Waals surface area contributed by atoms with Gasteiger partial charge >= 0.3 is 6.16 Å². The van der Waals surface area contributed by atoms with E-state index in [1.165, 1.54) is 0 Å². The minimum absolute atomic E-state index is 0.0391. The van der Waals surface area contributed by atoms with Crippen LogP contribution in [0, 0.1) is 0 Å². The fourth-order valence-electron chi connectivity index (χ4n) is 0.560. The summed E-state index contributed by atoms with van der Waals surface area (Å²) < 4.78 is 14.3. The van der Waals surface area contributed by atoms with Crippen molar-refractivity contribution in [1.82, 2.24) is 0 Å². The first-order valence-corrected chi connectivity index (χ1v) is 4.58. The molecule has 0 N–H and O–H groups in total. The van der Waals surface area contributed by atoms with Crippen molar-refractivity contribution in [3.63, 3.8) is 0 Å². The van der Waals surface area contributed by atoms with Crippen LogP contribution in [0.2, 0.25) is 0 Å². The number of hydrogen-bond acceptors (Lipinski definition) is 4. The molecular weight excluding hydrogens is 172 g/mol. The van der Waals surface area contributed by atoms with Gasteiger partial charge in [0.2, 0.25) is 0 Å². The van der Waals surface area contributed by atoms with Gasteiger partial charge in [-0.1, -0.05) is 13.3 Å². The van der Waals surface area contributed by atoms with Crippen LogP contribution in [0.3, 0.4) is 0 Å². The van der Waals surface area contributed by atoms with Crippen LogP contribution >= 0.6 is 0 Å². The molecule has 0 aromatic rings. The van der Waals surface area contributed by atoms with E-state index in [2.05, 4.69) is 4.74 Å². The molecule has 78 valence electrons. The molecule has 0 unspecified atom stereocenters. The summed E-state index contributed by atoms with van der Waals surface area (Å²) in [5.74, 6) is 0. The molecule has 0 saturated heterocycles. The minimum atomic E-state index is -0.658. The van der Waals surface area contributed by atoms with E-state index in [0.717, 1.165) is 12.8 Å². The van der Waals surface area contributed by atoms with E-state index in [9.17, 15) is 4.79 Å². The number of hydrogen-bond donors (Lipinski definition) is 0. The van der Waals surface area contributed by atoms with Gasteiger partial charge in [-0.15, -0.1) is 0 Å². The molecule has 0 spiro atoms. The van der Waals surface area contributed by atoms with Gasteiger partial charge in [-0.25, -0.2) is 4.79 Å². The first-order valence-electron chi connectivity index (χ1n) is 4.58. The molecule has 0 rings (SSSR count). The Hall–Kier alpha value is -0.770. The van der Waals surface area contributed by atoms with Gasteiger partial charge in [0, 0.05) is 0 Å². The Morgan fingerprint density at radius 2 is 2.00 bits per heavy atom. The largest absolute Gasteiger partial charge is 0.510 e. The van der Waals surface area contributed by atoms with Crippen molar-refractivity contribution in [1.29, 1.82) is 0 Å². The Kier molecular flexibility index (Phi) is 7.39. The molecule has 13 heavy (non-hydrogen) atoms. The second-order valence-corrected chi connectivity index (χ2v) is 2.93. The summed E-state index contributed by atoms with van der Waals surface area (Å²) >= 11 is 0. The molecule has 0 aliphatic carbocycles. The first-order chi connectivity index (χ1) is 6.16. The Labute approximate surface area is 79.2 Å². The van der Waals surface area contributed by atoms with E-state index in [4.69, 9.17) is 9.47 Å². The van der Waals surface area contributed by atoms with E-state index in [-0.39, 0.29) is 12.9 Å². The molecule has 0 amide bonds. The standard InChI is InChI=1S/C9H18O4/c1-4-5-6-11-9(10)13-7-12-8(2)3/h8H,4-7H2,1-3H3. The molecule has 0 aromatic heterocycles. The summed E-state index contributed by atoms with van der Waals surface area (Å²) in [6, 6.07) is 0. The Bertz CT molecular complexity index is 134. The molecule has 0 saturated carbocycles. The van der Waals surface area contributed by atoms with Gasteiger partial charge in [-0.3, -0.25) is 0 Å². The van der Waals surface area contributed by atoms with Crippen LogP contribution in [-0.4, -0.2) is 25.7 Å². The number of carbonyl (C=O) groups excluding carboxylic acids is 1. The fourth-order valence-corrected chi connectivity index (χ4v) is 0.560. The third kappa shape index (κ3) is 9.14. The predicted molar refractivity (Wildman–Crippen MR) is 48.4 cm³/mol. The molecule has 0 aromatic carbocycles. The van der Waals surface area contributed by atoms with E-state index in [1.54, 1.807) is 0 Å². The summed E-state index contributed by atoms with van der Waals surface area (Å²) in [5.41, 5.74) is 0. The Balaban J connectivity index is 3.20. The van der Waals surface area contributed by atoms with Crippen LogP contribution in [0.1, 0.15) is 33.6 Å². The molecule has 0 aliphatic heterocycles. The van der Waals surface area contributed by atoms with Gasteiger partial charge in [0.15, 0.2) is 6.79 Å². The normalized spacial score (nSPS) is 10.2. The highest BCUT2D eigenvalue weighted by atomic mass is 16.8. The predicted octanol–water partition coefficient (Wildman–Crippen LogP) is 2.32. The highest BCUT2D eigenvalue weighted by Gasteiger charge is 2.02. The highest BCUT2D eigenvalue weighted by molar-refractivity contribution is 5.59. The molecule has 0 bridgehead atoms. The highest BCUT2D eigenvalue weighted by Crippen LogP contribution is 1.93. The van der Waals surface area contributed by atoms with E-state index < -0.39 is 6.16 Å². The summed E-state index contributed by atoms with van der Waals surface area (Å²) in [5, 5.41) is 0. The zero-order valence-corrected chi connectivity index (χ0v) is 8.54. The molecule has 0 heterocycles. The summed E-state index contributed by atoms with van der Waals surface area (Å²) in [6.07, 6.45) is 1.26. The fraction of sp³-hybridized carbons (Fsp3) is 0.889. The monoisotopic (exact) mass is 190 g/mol. The average molecular weight is 190 g/mol. The van der Waals surface area contributed by atoms with Gasteiger partial charge < -0.3 is 14.2 Å². The van der Waals surface area contributed by atoms with Crippen molar-refractivity contribution in [2.45, 2.75) is 39.7 Å². The van der Waals surface area contributed by atoms with Gasteiger partial charge in [-0.05, 0) is 20.3 Å². The topological polar surface area (TPSA) is 44.8 Å². The second-order valence-electron chi connectivity index (χ2n) is 2.93.